The molecule has 0 spiro atoms. The molecule has 3 aromatic rings. The molecule has 0 saturated heterocycles. The maximum atomic E-state index is 12.3. The molecule has 0 radical (unpaired) electrons. The molecular weight excluding hydrogens is 338 g/mol. The largest absolute Gasteiger partial charge is 0.395 e. The van der Waals surface area contributed by atoms with E-state index in [0.29, 0.717) is 0 Å². The highest BCUT2D eigenvalue weighted by Crippen LogP contribution is 2.34. The van der Waals surface area contributed by atoms with Crippen molar-refractivity contribution in [1.29, 1.82) is 0 Å². The van der Waals surface area contributed by atoms with Crippen LogP contribution in [0.2, 0.25) is 0 Å². The number of thiophene rings is 1. The van der Waals surface area contributed by atoms with E-state index in [4.69, 9.17) is 10.8 Å². The van der Waals surface area contributed by atoms with Crippen LogP contribution in [0.25, 0.3) is 10.1 Å². The summed E-state index contributed by atoms with van der Waals surface area (Å²) in [5.41, 5.74) is 7.02. The second-order valence-corrected chi connectivity index (χ2v) is 6.60. The summed E-state index contributed by atoms with van der Waals surface area (Å²) in [4.78, 5) is 20.8. The Morgan fingerprint density at radius 1 is 1.40 bits per heavy atom. The quantitative estimate of drug-likeness (QED) is 0.538. The number of aliphatic hydroxyl groups excluding tert-OH is 1. The standard InChI is InChI=1S/C17H19N5O2S/c1-10(12-4-2-3-5-19-12)21-15-8-11-13(25-15)9-14(18)22-16(11)17(24)20-6-7-23/h2-5,8-10,21,23H,6-7H2,1H3,(H2,18,22)(H,20,24)/t10-/m0/s1. The van der Waals surface area contributed by atoms with Gasteiger partial charge in [0.1, 0.15) is 11.5 Å². The van der Waals surface area contributed by atoms with E-state index in [1.807, 2.05) is 31.2 Å². The average Bonchev–Trinajstić information content (AvgIpc) is 3.01. The number of amides is 1. The van der Waals surface area contributed by atoms with E-state index in [9.17, 15) is 4.79 Å². The molecule has 0 fully saturated rings. The second kappa shape index (κ2) is 7.45. The normalized spacial score (nSPS) is 12.1. The Labute approximate surface area is 148 Å². The van der Waals surface area contributed by atoms with E-state index in [1.54, 1.807) is 12.3 Å². The van der Waals surface area contributed by atoms with Crippen LogP contribution >= 0.6 is 11.3 Å². The molecule has 1 amide bonds. The first kappa shape index (κ1) is 17.1. The van der Waals surface area contributed by atoms with E-state index in [0.717, 1.165) is 20.8 Å². The molecule has 5 N–H and O–H groups in total. The van der Waals surface area contributed by atoms with Gasteiger partial charge in [0.15, 0.2) is 0 Å². The predicted molar refractivity (Wildman–Crippen MR) is 99.7 cm³/mol. The zero-order chi connectivity index (χ0) is 17.8. The van der Waals surface area contributed by atoms with Crippen LogP contribution in [0.1, 0.15) is 29.1 Å². The van der Waals surface area contributed by atoms with Crippen LogP contribution in [0.5, 0.6) is 0 Å². The van der Waals surface area contributed by atoms with Gasteiger partial charge < -0.3 is 21.5 Å². The number of nitrogens with two attached hydrogens (primary N) is 1. The highest BCUT2D eigenvalue weighted by atomic mass is 32.1. The minimum absolute atomic E-state index is 0.0197. The van der Waals surface area contributed by atoms with Gasteiger partial charge in [-0.15, -0.1) is 11.3 Å². The van der Waals surface area contributed by atoms with Gasteiger partial charge in [-0.05, 0) is 31.2 Å². The maximum Gasteiger partial charge on any atom is 0.270 e. The number of rotatable bonds is 6. The number of anilines is 2. The Morgan fingerprint density at radius 2 is 2.24 bits per heavy atom. The van der Waals surface area contributed by atoms with Crippen LogP contribution in [0, 0.1) is 0 Å². The molecular formula is C17H19N5O2S. The van der Waals surface area contributed by atoms with Crippen LogP contribution in [-0.4, -0.2) is 34.1 Å². The molecule has 130 valence electrons. The minimum Gasteiger partial charge on any atom is -0.395 e. The fraction of sp³-hybridized carbons (Fsp3) is 0.235. The van der Waals surface area contributed by atoms with Gasteiger partial charge in [-0.25, -0.2) is 4.98 Å². The first-order valence-corrected chi connectivity index (χ1v) is 8.66. The molecule has 3 heterocycles. The van der Waals surface area contributed by atoms with Gasteiger partial charge in [-0.3, -0.25) is 9.78 Å². The molecule has 0 aliphatic rings. The number of aliphatic hydroxyl groups is 1. The summed E-state index contributed by atoms with van der Waals surface area (Å²) in [5.74, 6) is -0.0682. The number of nitrogens with one attached hydrogen (secondary N) is 2. The van der Waals surface area contributed by atoms with Crippen molar-refractivity contribution in [3.63, 3.8) is 0 Å². The van der Waals surface area contributed by atoms with E-state index in [-0.39, 0.29) is 36.6 Å². The zero-order valence-corrected chi connectivity index (χ0v) is 14.5. The second-order valence-electron chi connectivity index (χ2n) is 5.52. The highest BCUT2D eigenvalue weighted by Gasteiger charge is 2.16. The molecule has 0 unspecified atom stereocenters. The van der Waals surface area contributed by atoms with E-state index in [2.05, 4.69) is 20.6 Å². The number of hydrogen-bond acceptors (Lipinski definition) is 7. The van der Waals surface area contributed by atoms with Gasteiger partial charge >= 0.3 is 0 Å². The fourth-order valence-electron chi connectivity index (χ4n) is 2.47. The number of nitrogen functional groups attached to an aromatic ring is 1. The van der Waals surface area contributed by atoms with Gasteiger partial charge in [0.05, 0.1) is 23.3 Å². The van der Waals surface area contributed by atoms with Crippen molar-refractivity contribution in [2.45, 2.75) is 13.0 Å². The first-order chi connectivity index (χ1) is 12.1. The van der Waals surface area contributed by atoms with Crippen molar-refractivity contribution < 1.29 is 9.90 Å². The minimum atomic E-state index is -0.353. The summed E-state index contributed by atoms with van der Waals surface area (Å²) in [7, 11) is 0. The van der Waals surface area contributed by atoms with E-state index < -0.39 is 0 Å². The van der Waals surface area contributed by atoms with Crippen molar-refractivity contribution in [3.05, 3.63) is 47.9 Å². The predicted octanol–water partition coefficient (Wildman–Crippen LogP) is 2.17. The van der Waals surface area contributed by atoms with Crippen molar-refractivity contribution in [2.24, 2.45) is 0 Å². The van der Waals surface area contributed by atoms with Crippen LogP contribution in [0.3, 0.4) is 0 Å². The number of pyridine rings is 2. The summed E-state index contributed by atoms with van der Waals surface area (Å²) in [6.45, 7) is 2.06. The van der Waals surface area contributed by atoms with E-state index in [1.165, 1.54) is 11.3 Å². The topological polar surface area (TPSA) is 113 Å². The zero-order valence-electron chi connectivity index (χ0n) is 13.7. The lowest BCUT2D eigenvalue weighted by atomic mass is 10.2. The van der Waals surface area contributed by atoms with Crippen LogP contribution < -0.4 is 16.4 Å². The van der Waals surface area contributed by atoms with E-state index >= 15 is 0 Å². The lowest BCUT2D eigenvalue weighted by Gasteiger charge is -2.12. The molecule has 0 aliphatic carbocycles. The lowest BCUT2D eigenvalue weighted by molar-refractivity contribution is 0.0942. The molecule has 1 atom stereocenters. The van der Waals surface area contributed by atoms with Gasteiger partial charge in [-0.2, -0.15) is 0 Å². The lowest BCUT2D eigenvalue weighted by Crippen LogP contribution is -2.27. The third kappa shape index (κ3) is 3.86. The van der Waals surface area contributed by atoms with Gasteiger partial charge in [0, 0.05) is 22.8 Å². The number of nitrogens with zero attached hydrogens (tertiary/aromatic N) is 2. The Hall–Kier alpha value is -2.71. The smallest absolute Gasteiger partial charge is 0.270 e. The number of carbonyl (C=O) groups excluding carboxylic acids is 1. The third-order valence-electron chi connectivity index (χ3n) is 3.64. The summed E-state index contributed by atoms with van der Waals surface area (Å²) in [6, 6.07) is 9.43. The van der Waals surface area contributed by atoms with Crippen LogP contribution in [0.15, 0.2) is 36.5 Å². The Balaban J connectivity index is 1.90. The molecule has 3 aromatic heterocycles. The molecule has 0 aliphatic heterocycles. The number of carbonyl (C=O) groups is 1. The van der Waals surface area contributed by atoms with Crippen molar-refractivity contribution in [3.8, 4) is 0 Å². The molecule has 25 heavy (non-hydrogen) atoms. The number of fused-ring (bicyclic) bond motifs is 1. The molecule has 8 heteroatoms. The molecule has 0 aromatic carbocycles. The average molecular weight is 357 g/mol. The molecule has 7 nitrogen and oxygen atoms in total. The van der Waals surface area contributed by atoms with Gasteiger partial charge in [-0.1, -0.05) is 6.07 Å². The Bertz CT molecular complexity index is 881. The van der Waals surface area contributed by atoms with Crippen LogP contribution in [0.4, 0.5) is 10.8 Å². The third-order valence-corrected chi connectivity index (χ3v) is 4.65. The van der Waals surface area contributed by atoms with Crippen molar-refractivity contribution in [2.75, 3.05) is 24.2 Å². The Kier molecular flexibility index (Phi) is 5.11. The van der Waals surface area contributed by atoms with Crippen LogP contribution in [-0.2, 0) is 0 Å². The van der Waals surface area contributed by atoms with Gasteiger partial charge in [0.25, 0.3) is 5.91 Å². The number of hydrogen-bond donors (Lipinski definition) is 4. The van der Waals surface area contributed by atoms with Gasteiger partial charge in [0.2, 0.25) is 0 Å². The fourth-order valence-corrected chi connectivity index (χ4v) is 3.56. The first-order valence-electron chi connectivity index (χ1n) is 7.85. The maximum absolute atomic E-state index is 12.3. The molecule has 0 saturated carbocycles. The van der Waals surface area contributed by atoms with Crippen molar-refractivity contribution >= 4 is 38.1 Å². The number of aromatic nitrogens is 2. The Morgan fingerprint density at radius 3 is 2.96 bits per heavy atom. The molecule has 0 bridgehead atoms. The van der Waals surface area contributed by atoms with Crippen molar-refractivity contribution in [1.82, 2.24) is 15.3 Å². The SMILES string of the molecule is C[C@H](Nc1cc2c(C(=O)NCCO)nc(N)cc2s1)c1ccccn1. The summed E-state index contributed by atoms with van der Waals surface area (Å²) in [5, 5.41) is 16.5. The summed E-state index contributed by atoms with van der Waals surface area (Å²) >= 11 is 1.50. The summed E-state index contributed by atoms with van der Waals surface area (Å²) < 4.78 is 0.873. The summed E-state index contributed by atoms with van der Waals surface area (Å²) in [6.07, 6.45) is 1.76. The molecule has 3 rings (SSSR count). The monoisotopic (exact) mass is 357 g/mol. The highest BCUT2D eigenvalue weighted by molar-refractivity contribution is 7.22.